The summed E-state index contributed by atoms with van der Waals surface area (Å²) in [4.78, 5) is 0. The molecule has 0 saturated heterocycles. The van der Waals surface area contributed by atoms with Gasteiger partial charge in [0.2, 0.25) is 0 Å². The van der Waals surface area contributed by atoms with Gasteiger partial charge in [-0.15, -0.1) is 21.5 Å². The molecule has 1 unspecified atom stereocenters. The predicted octanol–water partition coefficient (Wildman–Crippen LogP) is 3.46. The van der Waals surface area contributed by atoms with Gasteiger partial charge < -0.3 is 9.88 Å². The lowest BCUT2D eigenvalue weighted by Crippen LogP contribution is -2.36. The number of thiophene rings is 1. The van der Waals surface area contributed by atoms with Gasteiger partial charge in [-0.1, -0.05) is 32.0 Å². The van der Waals surface area contributed by atoms with Crippen LogP contribution in [-0.2, 0) is 6.54 Å². The Hall–Kier alpha value is -1.72. The molecule has 4 nitrogen and oxygen atoms in total. The van der Waals surface area contributed by atoms with Gasteiger partial charge in [0.15, 0.2) is 11.6 Å². The zero-order valence-corrected chi connectivity index (χ0v) is 13.0. The standard InChI is InChI=1S/C16H18N4S/c1-10(2)14-16-19-18-15(20(16)8-7-17-14)12-9-21-13-6-4-3-5-11(12)13/h3-6,9-10,14,17H,7-8H2,1-2H3. The van der Waals surface area contributed by atoms with E-state index in [1.807, 2.05) is 0 Å². The van der Waals surface area contributed by atoms with Crippen molar-refractivity contribution in [3.05, 3.63) is 35.5 Å². The van der Waals surface area contributed by atoms with Crippen molar-refractivity contribution in [3.63, 3.8) is 0 Å². The molecule has 0 bridgehead atoms. The van der Waals surface area contributed by atoms with Gasteiger partial charge in [0.1, 0.15) is 0 Å². The number of rotatable bonds is 2. The van der Waals surface area contributed by atoms with Crippen molar-refractivity contribution in [2.45, 2.75) is 26.4 Å². The summed E-state index contributed by atoms with van der Waals surface area (Å²) in [5.41, 5.74) is 1.21. The van der Waals surface area contributed by atoms with E-state index in [0.29, 0.717) is 12.0 Å². The Bertz CT molecular complexity index is 787. The Morgan fingerprint density at radius 1 is 1.29 bits per heavy atom. The summed E-state index contributed by atoms with van der Waals surface area (Å²) in [6, 6.07) is 8.80. The van der Waals surface area contributed by atoms with E-state index in [-0.39, 0.29) is 0 Å². The van der Waals surface area contributed by atoms with Crippen molar-refractivity contribution >= 4 is 21.4 Å². The average Bonchev–Trinajstić information content (AvgIpc) is 3.09. The van der Waals surface area contributed by atoms with Crippen molar-refractivity contribution in [3.8, 4) is 11.4 Å². The Kier molecular flexibility index (Phi) is 3.05. The van der Waals surface area contributed by atoms with E-state index in [0.717, 1.165) is 24.7 Å². The highest BCUT2D eigenvalue weighted by Crippen LogP contribution is 2.35. The van der Waals surface area contributed by atoms with Gasteiger partial charge in [-0.3, -0.25) is 0 Å². The fraction of sp³-hybridized carbons (Fsp3) is 0.375. The van der Waals surface area contributed by atoms with Crippen LogP contribution in [0.3, 0.4) is 0 Å². The molecule has 0 fully saturated rings. The molecule has 0 spiro atoms. The quantitative estimate of drug-likeness (QED) is 0.788. The molecule has 0 amide bonds. The van der Waals surface area contributed by atoms with Crippen LogP contribution in [0.2, 0.25) is 0 Å². The molecule has 0 radical (unpaired) electrons. The van der Waals surface area contributed by atoms with E-state index >= 15 is 0 Å². The van der Waals surface area contributed by atoms with Crippen LogP contribution in [-0.4, -0.2) is 21.3 Å². The molecular weight excluding hydrogens is 280 g/mol. The molecule has 21 heavy (non-hydrogen) atoms. The Morgan fingerprint density at radius 3 is 3.00 bits per heavy atom. The van der Waals surface area contributed by atoms with E-state index < -0.39 is 0 Å². The van der Waals surface area contributed by atoms with Gasteiger partial charge in [-0.25, -0.2) is 0 Å². The number of fused-ring (bicyclic) bond motifs is 2. The van der Waals surface area contributed by atoms with Crippen LogP contribution in [0.15, 0.2) is 29.6 Å². The van der Waals surface area contributed by atoms with E-state index in [1.54, 1.807) is 11.3 Å². The first-order valence-electron chi connectivity index (χ1n) is 7.39. The van der Waals surface area contributed by atoms with E-state index in [4.69, 9.17) is 0 Å². The van der Waals surface area contributed by atoms with Crippen LogP contribution < -0.4 is 5.32 Å². The lowest BCUT2D eigenvalue weighted by atomic mass is 10.0. The van der Waals surface area contributed by atoms with Gasteiger partial charge in [-0.2, -0.15) is 0 Å². The summed E-state index contributed by atoms with van der Waals surface area (Å²) in [6.07, 6.45) is 0. The molecule has 3 heterocycles. The second kappa shape index (κ2) is 4.93. The Labute approximate surface area is 127 Å². The van der Waals surface area contributed by atoms with Gasteiger partial charge in [0.25, 0.3) is 0 Å². The molecular formula is C16H18N4S. The molecule has 1 aromatic carbocycles. The highest BCUT2D eigenvalue weighted by Gasteiger charge is 2.28. The minimum Gasteiger partial charge on any atom is -0.308 e. The Morgan fingerprint density at radius 2 is 2.14 bits per heavy atom. The maximum Gasteiger partial charge on any atom is 0.165 e. The lowest BCUT2D eigenvalue weighted by Gasteiger charge is -2.27. The molecule has 108 valence electrons. The lowest BCUT2D eigenvalue weighted by molar-refractivity contribution is 0.339. The number of nitrogens with zero attached hydrogens (tertiary/aromatic N) is 3. The van der Waals surface area contributed by atoms with Crippen LogP contribution in [0.1, 0.15) is 25.7 Å². The fourth-order valence-corrected chi connectivity index (χ4v) is 4.01. The van der Waals surface area contributed by atoms with Crippen LogP contribution in [0, 0.1) is 5.92 Å². The van der Waals surface area contributed by atoms with Crippen molar-refractivity contribution < 1.29 is 0 Å². The topological polar surface area (TPSA) is 42.7 Å². The van der Waals surface area contributed by atoms with Crippen molar-refractivity contribution in [2.75, 3.05) is 6.54 Å². The summed E-state index contributed by atoms with van der Waals surface area (Å²) >= 11 is 1.77. The summed E-state index contributed by atoms with van der Waals surface area (Å²) in [5, 5.41) is 16.0. The van der Waals surface area contributed by atoms with Gasteiger partial charge in [-0.05, 0) is 12.0 Å². The molecule has 0 aliphatic carbocycles. The highest BCUT2D eigenvalue weighted by molar-refractivity contribution is 7.17. The van der Waals surface area contributed by atoms with Crippen LogP contribution in [0.4, 0.5) is 0 Å². The third kappa shape index (κ3) is 2.00. The molecule has 1 atom stereocenters. The minimum absolute atomic E-state index is 0.296. The summed E-state index contributed by atoms with van der Waals surface area (Å²) in [6.45, 7) is 6.36. The van der Waals surface area contributed by atoms with Crippen LogP contribution >= 0.6 is 11.3 Å². The SMILES string of the molecule is CC(C)C1NCCn2c(-c3csc4ccccc34)nnc21. The highest BCUT2D eigenvalue weighted by atomic mass is 32.1. The second-order valence-corrected chi connectivity index (χ2v) is 6.77. The zero-order valence-electron chi connectivity index (χ0n) is 12.2. The van der Waals surface area contributed by atoms with E-state index in [9.17, 15) is 0 Å². The summed E-state index contributed by atoms with van der Waals surface area (Å²) < 4.78 is 3.59. The largest absolute Gasteiger partial charge is 0.308 e. The number of hydrogen-bond donors (Lipinski definition) is 1. The molecule has 2 aromatic heterocycles. The molecule has 5 heteroatoms. The second-order valence-electron chi connectivity index (χ2n) is 5.85. The minimum atomic E-state index is 0.296. The van der Waals surface area contributed by atoms with Crippen molar-refractivity contribution in [1.29, 1.82) is 0 Å². The first kappa shape index (κ1) is 13.0. The van der Waals surface area contributed by atoms with Crippen LogP contribution in [0.5, 0.6) is 0 Å². The monoisotopic (exact) mass is 298 g/mol. The number of benzene rings is 1. The molecule has 3 aromatic rings. The molecule has 1 aliphatic rings. The normalized spacial score (nSPS) is 18.3. The number of hydrogen-bond acceptors (Lipinski definition) is 4. The molecule has 0 saturated carbocycles. The number of aromatic nitrogens is 3. The first-order valence-corrected chi connectivity index (χ1v) is 8.27. The summed E-state index contributed by atoms with van der Waals surface area (Å²) in [5.74, 6) is 2.59. The molecule has 1 N–H and O–H groups in total. The van der Waals surface area contributed by atoms with Crippen molar-refractivity contribution in [2.24, 2.45) is 5.92 Å². The molecule has 4 rings (SSSR count). The smallest absolute Gasteiger partial charge is 0.165 e. The molecule has 1 aliphatic heterocycles. The van der Waals surface area contributed by atoms with Crippen molar-refractivity contribution in [1.82, 2.24) is 20.1 Å². The maximum atomic E-state index is 4.50. The van der Waals surface area contributed by atoms with E-state index in [2.05, 4.69) is 63.6 Å². The third-order valence-electron chi connectivity index (χ3n) is 4.15. The zero-order chi connectivity index (χ0) is 14.4. The average molecular weight is 298 g/mol. The maximum absolute atomic E-state index is 4.50. The van der Waals surface area contributed by atoms with Gasteiger partial charge in [0.05, 0.1) is 6.04 Å². The Balaban J connectivity index is 1.87. The summed E-state index contributed by atoms with van der Waals surface area (Å²) in [7, 11) is 0. The fourth-order valence-electron chi connectivity index (χ4n) is 3.07. The van der Waals surface area contributed by atoms with Gasteiger partial charge >= 0.3 is 0 Å². The van der Waals surface area contributed by atoms with Gasteiger partial charge in [0, 0.05) is 34.1 Å². The van der Waals surface area contributed by atoms with E-state index in [1.165, 1.54) is 15.6 Å². The van der Waals surface area contributed by atoms with Crippen LogP contribution in [0.25, 0.3) is 21.5 Å². The first-order chi connectivity index (χ1) is 10.3. The third-order valence-corrected chi connectivity index (χ3v) is 5.11. The number of nitrogens with one attached hydrogen (secondary N) is 1. The predicted molar refractivity (Wildman–Crippen MR) is 86.4 cm³/mol.